The molecule has 0 aliphatic carbocycles. The van der Waals surface area contributed by atoms with Crippen molar-refractivity contribution in [1.82, 2.24) is 9.64 Å². The number of hydrogen-bond donors (Lipinski definition) is 1. The van der Waals surface area contributed by atoms with E-state index in [-0.39, 0.29) is 11.5 Å². The zero-order valence-electron chi connectivity index (χ0n) is 21.3. The van der Waals surface area contributed by atoms with Crippen molar-refractivity contribution in [2.24, 2.45) is 4.99 Å². The first kappa shape index (κ1) is 25.4. The Balaban J connectivity index is 1.14. The van der Waals surface area contributed by atoms with E-state index in [0.717, 1.165) is 60.2 Å². The summed E-state index contributed by atoms with van der Waals surface area (Å²) >= 11 is 0. The summed E-state index contributed by atoms with van der Waals surface area (Å²) in [4.78, 5) is 48.2. The number of likely N-dealkylation sites (N-methyl/N-ethyl adjacent to an activating group) is 1. The molecule has 4 heterocycles. The fraction of sp³-hybridized carbons (Fsp3) is 0.423. The number of ether oxygens (including phenoxy) is 1. The molecule has 4 aliphatic rings. The molecule has 6 rings (SSSR count). The topological polar surface area (TPSA) is 146 Å². The Morgan fingerprint density at radius 2 is 2.00 bits per heavy atom. The minimum atomic E-state index is -4.77. The minimum absolute atomic E-state index is 0.0946. The minimum Gasteiger partial charge on any atom is -0.452 e. The largest absolute Gasteiger partial charge is 0.452 e. The van der Waals surface area contributed by atoms with Gasteiger partial charge < -0.3 is 14.5 Å². The molecule has 0 aromatic heterocycles. The number of hydrogen-bond acceptors (Lipinski definition) is 9. The van der Waals surface area contributed by atoms with Crippen molar-refractivity contribution in [2.45, 2.75) is 44.3 Å². The molecule has 0 saturated carbocycles. The summed E-state index contributed by atoms with van der Waals surface area (Å²) in [5, 5.41) is -0.0261. The number of amides is 2. The standard InChI is InChI=1S/C26H26N4O8S/c1-2-28-8-5-15-10-17-21(12-19(15)28)37-22-13-20-16(11-18(22)27-17)6-9-29(20)7-3-4-25(32)38-30-24(31)14-23(26(30)33)39(34,35)36/h10-13,23H,2-9,14H2,1H3/p+1. The highest BCUT2D eigenvalue weighted by Gasteiger charge is 2.48. The Labute approximate surface area is 223 Å². The first-order valence-electron chi connectivity index (χ1n) is 12.9. The molecule has 12 nitrogen and oxygen atoms in total. The summed E-state index contributed by atoms with van der Waals surface area (Å²) in [7, 11) is -4.77. The molecule has 1 saturated heterocycles. The summed E-state index contributed by atoms with van der Waals surface area (Å²) in [6, 6.07) is 8.21. The maximum atomic E-state index is 12.3. The van der Waals surface area contributed by atoms with Gasteiger partial charge >= 0.3 is 5.97 Å². The van der Waals surface area contributed by atoms with E-state index in [1.807, 2.05) is 12.1 Å². The fourth-order valence-electron chi connectivity index (χ4n) is 5.56. The van der Waals surface area contributed by atoms with Crippen LogP contribution in [-0.4, -0.2) is 67.2 Å². The number of benzene rings is 2. The third kappa shape index (κ3) is 4.55. The molecule has 2 aromatic rings. The lowest BCUT2D eigenvalue weighted by Gasteiger charge is -2.20. The Hall–Kier alpha value is -3.84. The van der Waals surface area contributed by atoms with Gasteiger partial charge in [0.05, 0.1) is 18.9 Å². The van der Waals surface area contributed by atoms with E-state index in [4.69, 9.17) is 19.1 Å². The van der Waals surface area contributed by atoms with Crippen LogP contribution in [-0.2, 0) is 42.2 Å². The molecule has 0 radical (unpaired) electrons. The fourth-order valence-corrected chi connectivity index (χ4v) is 6.27. The first-order chi connectivity index (χ1) is 18.6. The highest BCUT2D eigenvalue weighted by Crippen LogP contribution is 2.41. The molecule has 1 unspecified atom stereocenters. The van der Waals surface area contributed by atoms with Crippen molar-refractivity contribution in [1.29, 1.82) is 0 Å². The number of rotatable bonds is 7. The van der Waals surface area contributed by atoms with Crippen molar-refractivity contribution in [3.63, 3.8) is 0 Å². The van der Waals surface area contributed by atoms with Crippen LogP contribution in [0.1, 0.15) is 37.3 Å². The van der Waals surface area contributed by atoms with Crippen LogP contribution in [0.4, 0.5) is 11.4 Å². The second-order valence-corrected chi connectivity index (χ2v) is 11.6. The lowest BCUT2D eigenvalue weighted by atomic mass is 10.1. The van der Waals surface area contributed by atoms with Crippen LogP contribution >= 0.6 is 0 Å². The molecule has 0 spiro atoms. The maximum Gasteiger partial charge on any atom is 0.333 e. The van der Waals surface area contributed by atoms with Crippen LogP contribution in [0, 0.1) is 0 Å². The average molecular weight is 556 g/mol. The van der Waals surface area contributed by atoms with Gasteiger partial charge in [-0.05, 0) is 31.0 Å². The Kier molecular flexibility index (Phi) is 6.14. The van der Waals surface area contributed by atoms with E-state index in [1.54, 1.807) is 0 Å². The van der Waals surface area contributed by atoms with Crippen LogP contribution < -0.4 is 24.9 Å². The second kappa shape index (κ2) is 9.42. The Morgan fingerprint density at radius 3 is 2.74 bits per heavy atom. The SMILES string of the molecule is CCN1CCc2cc3c(cc21)Oc1cc2c(cc1=N3)CC[N+]=2CCCC(=O)ON1C(=O)CC(S(=O)(=O)O)C1=O. The molecule has 2 amide bonds. The van der Waals surface area contributed by atoms with Crippen molar-refractivity contribution in [2.75, 3.05) is 31.1 Å². The smallest absolute Gasteiger partial charge is 0.333 e. The van der Waals surface area contributed by atoms with Crippen LogP contribution in [0.5, 0.6) is 11.5 Å². The van der Waals surface area contributed by atoms with Crippen molar-refractivity contribution in [3.8, 4) is 11.5 Å². The van der Waals surface area contributed by atoms with Gasteiger partial charge in [0.2, 0.25) is 5.36 Å². The quantitative estimate of drug-likeness (QED) is 0.249. The molecule has 39 heavy (non-hydrogen) atoms. The van der Waals surface area contributed by atoms with Crippen LogP contribution in [0.2, 0.25) is 0 Å². The molecule has 0 bridgehead atoms. The monoisotopic (exact) mass is 555 g/mol. The highest BCUT2D eigenvalue weighted by molar-refractivity contribution is 7.87. The molecule has 2 aromatic carbocycles. The summed E-state index contributed by atoms with van der Waals surface area (Å²) in [5.41, 5.74) is 4.45. The van der Waals surface area contributed by atoms with Gasteiger partial charge in [0.1, 0.15) is 24.1 Å². The van der Waals surface area contributed by atoms with Gasteiger partial charge in [-0.15, -0.1) is 5.06 Å². The number of imide groups is 1. The predicted octanol–water partition coefficient (Wildman–Crippen LogP) is 0.427. The Morgan fingerprint density at radius 1 is 1.18 bits per heavy atom. The van der Waals surface area contributed by atoms with Gasteiger partial charge in [-0.2, -0.15) is 8.42 Å². The second-order valence-electron chi connectivity index (χ2n) is 9.98. The zero-order valence-corrected chi connectivity index (χ0v) is 22.1. The van der Waals surface area contributed by atoms with Crippen molar-refractivity contribution >= 4 is 39.3 Å². The number of carbonyl (C=O) groups excluding carboxylic acids is 3. The molecular weight excluding hydrogens is 528 g/mol. The molecule has 1 N–H and O–H groups in total. The molecule has 4 aliphatic heterocycles. The zero-order chi connectivity index (χ0) is 27.5. The summed E-state index contributed by atoms with van der Waals surface area (Å²) in [6.07, 6.45) is 1.33. The van der Waals surface area contributed by atoms with Crippen LogP contribution in [0.25, 0.3) is 0 Å². The molecule has 204 valence electrons. The third-order valence-corrected chi connectivity index (χ3v) is 8.66. The molecule has 13 heteroatoms. The van der Waals surface area contributed by atoms with E-state index in [2.05, 4.69) is 28.5 Å². The van der Waals surface area contributed by atoms with Crippen LogP contribution in [0.15, 0.2) is 29.3 Å². The number of carbonyl (C=O) groups is 3. The molecular formula is C26H27N4O8S+. The lowest BCUT2D eigenvalue weighted by Crippen LogP contribution is -2.36. The molecule has 1 atom stereocenters. The van der Waals surface area contributed by atoms with E-state index < -0.39 is 39.6 Å². The van der Waals surface area contributed by atoms with Gasteiger partial charge in [0.25, 0.3) is 21.9 Å². The number of nitrogens with zero attached hydrogens (tertiary/aromatic N) is 4. The maximum absolute atomic E-state index is 12.3. The van der Waals surface area contributed by atoms with E-state index in [9.17, 15) is 22.8 Å². The number of hydroxylamine groups is 2. The number of fused-ring (bicyclic) bond motifs is 4. The average Bonchev–Trinajstić information content (AvgIpc) is 3.56. The van der Waals surface area contributed by atoms with Gasteiger partial charge in [0.15, 0.2) is 16.7 Å². The summed E-state index contributed by atoms with van der Waals surface area (Å²) < 4.78 is 40.0. The van der Waals surface area contributed by atoms with Crippen molar-refractivity contribution < 1.29 is 36.9 Å². The lowest BCUT2D eigenvalue weighted by molar-refractivity contribution is -0.197. The van der Waals surface area contributed by atoms with E-state index in [1.165, 1.54) is 11.3 Å². The van der Waals surface area contributed by atoms with Gasteiger partial charge in [-0.1, -0.05) is 0 Å². The third-order valence-electron chi connectivity index (χ3n) is 7.57. The summed E-state index contributed by atoms with van der Waals surface area (Å²) in [6.45, 7) is 5.33. The van der Waals surface area contributed by atoms with E-state index in [0.29, 0.717) is 18.7 Å². The van der Waals surface area contributed by atoms with E-state index >= 15 is 0 Å². The predicted molar refractivity (Wildman–Crippen MR) is 137 cm³/mol. The first-order valence-corrected chi connectivity index (χ1v) is 14.4. The van der Waals surface area contributed by atoms with Gasteiger partial charge in [-0.25, -0.2) is 14.4 Å². The van der Waals surface area contributed by atoms with Gasteiger partial charge in [0, 0.05) is 43.2 Å². The summed E-state index contributed by atoms with van der Waals surface area (Å²) in [5.74, 6) is -1.70. The highest BCUT2D eigenvalue weighted by atomic mass is 32.2. The normalized spacial score (nSPS) is 19.3. The Bertz CT molecular complexity index is 1670. The number of anilines is 1. The van der Waals surface area contributed by atoms with Gasteiger partial charge in [-0.3, -0.25) is 14.1 Å². The molecule has 1 fully saturated rings. The van der Waals surface area contributed by atoms with Crippen LogP contribution in [0.3, 0.4) is 0 Å². The van der Waals surface area contributed by atoms with Crippen molar-refractivity contribution in [3.05, 3.63) is 46.1 Å².